The number of halogens is 1. The molecule has 1 N–H and O–H groups in total. The molecule has 3 nitrogen and oxygen atoms in total. The molecule has 0 spiro atoms. The predicted octanol–water partition coefficient (Wildman–Crippen LogP) is 5.17. The zero-order valence-electron chi connectivity index (χ0n) is 12.7. The Bertz CT molecular complexity index is 654. The maximum atomic E-state index is 11.9. The third-order valence-electron chi connectivity index (χ3n) is 4.52. The fourth-order valence-electron chi connectivity index (χ4n) is 3.30. The van der Waals surface area contributed by atoms with Crippen LogP contribution >= 0.6 is 11.6 Å². The highest BCUT2D eigenvalue weighted by molar-refractivity contribution is 6.33. The van der Waals surface area contributed by atoms with Crippen LogP contribution in [0.4, 0.5) is 0 Å². The first-order valence-electron chi connectivity index (χ1n) is 7.76. The Hall–Kier alpha value is -1.74. The number of ether oxygens (including phenoxy) is 1. The highest BCUT2D eigenvalue weighted by Gasteiger charge is 2.20. The van der Waals surface area contributed by atoms with Gasteiger partial charge in [-0.15, -0.1) is 0 Å². The molecule has 116 valence electrons. The van der Waals surface area contributed by atoms with Gasteiger partial charge in [0, 0.05) is 11.8 Å². The molecule has 1 aromatic carbocycles. The number of methoxy groups -OCH3 is 1. The first-order valence-corrected chi connectivity index (χ1v) is 8.14. The van der Waals surface area contributed by atoms with E-state index in [0.717, 1.165) is 11.1 Å². The van der Waals surface area contributed by atoms with Gasteiger partial charge >= 0.3 is 5.97 Å². The number of aromatic amines is 1. The number of rotatable bonds is 3. The Morgan fingerprint density at radius 3 is 2.50 bits per heavy atom. The summed E-state index contributed by atoms with van der Waals surface area (Å²) in [6.07, 6.45) is 8.33. The van der Waals surface area contributed by atoms with Crippen LogP contribution < -0.4 is 0 Å². The molecule has 3 rings (SSSR count). The summed E-state index contributed by atoms with van der Waals surface area (Å²) in [7, 11) is 1.36. The molecule has 0 atom stereocenters. The van der Waals surface area contributed by atoms with Gasteiger partial charge in [-0.05, 0) is 29.9 Å². The van der Waals surface area contributed by atoms with Gasteiger partial charge in [-0.2, -0.15) is 0 Å². The van der Waals surface area contributed by atoms with Crippen molar-refractivity contribution in [2.24, 2.45) is 0 Å². The van der Waals surface area contributed by atoms with E-state index in [-0.39, 0.29) is 0 Å². The fourth-order valence-corrected chi connectivity index (χ4v) is 3.53. The number of nitrogens with one attached hydrogen (secondary N) is 1. The smallest absolute Gasteiger partial charge is 0.341 e. The second kappa shape index (κ2) is 6.57. The molecule has 1 aliphatic carbocycles. The molecule has 0 aliphatic heterocycles. The molecule has 0 amide bonds. The Morgan fingerprint density at radius 2 is 1.86 bits per heavy atom. The summed E-state index contributed by atoms with van der Waals surface area (Å²) in [6.45, 7) is 0. The third kappa shape index (κ3) is 2.91. The molecule has 2 aromatic rings. The van der Waals surface area contributed by atoms with Crippen LogP contribution in [0.15, 0.2) is 30.5 Å². The van der Waals surface area contributed by atoms with Crippen LogP contribution in [0.25, 0.3) is 11.1 Å². The van der Waals surface area contributed by atoms with Crippen molar-refractivity contribution in [3.63, 3.8) is 0 Å². The second-order valence-electron chi connectivity index (χ2n) is 5.84. The lowest BCUT2D eigenvalue weighted by molar-refractivity contribution is 0.0602. The van der Waals surface area contributed by atoms with Crippen LogP contribution in [0.1, 0.15) is 53.9 Å². The van der Waals surface area contributed by atoms with Gasteiger partial charge in [-0.1, -0.05) is 55.1 Å². The van der Waals surface area contributed by atoms with Crippen LogP contribution in [0.3, 0.4) is 0 Å². The summed E-state index contributed by atoms with van der Waals surface area (Å²) in [5.74, 6) is 0.260. The van der Waals surface area contributed by atoms with E-state index in [9.17, 15) is 4.79 Å². The van der Waals surface area contributed by atoms with Crippen molar-refractivity contribution in [3.8, 4) is 11.1 Å². The lowest BCUT2D eigenvalue weighted by Gasteiger charge is -2.22. The molecule has 0 radical (unpaired) electrons. The van der Waals surface area contributed by atoms with Gasteiger partial charge in [0.15, 0.2) is 0 Å². The minimum atomic E-state index is -0.419. The SMILES string of the molecule is COC(=O)c1c(-c2ccc(C3CCCCC3)cc2)c[nH]c1Cl. The van der Waals surface area contributed by atoms with Crippen molar-refractivity contribution in [1.82, 2.24) is 4.98 Å². The van der Waals surface area contributed by atoms with Crippen molar-refractivity contribution >= 4 is 17.6 Å². The molecular formula is C18H20ClNO2. The predicted molar refractivity (Wildman–Crippen MR) is 88.4 cm³/mol. The molecule has 1 aromatic heterocycles. The van der Waals surface area contributed by atoms with E-state index in [4.69, 9.17) is 16.3 Å². The van der Waals surface area contributed by atoms with Gasteiger partial charge in [-0.25, -0.2) is 4.79 Å². The van der Waals surface area contributed by atoms with Crippen LogP contribution in [-0.4, -0.2) is 18.1 Å². The highest BCUT2D eigenvalue weighted by Crippen LogP contribution is 2.35. The number of benzene rings is 1. The van der Waals surface area contributed by atoms with E-state index >= 15 is 0 Å². The number of hydrogen-bond donors (Lipinski definition) is 1. The zero-order valence-corrected chi connectivity index (χ0v) is 13.5. The molecule has 1 saturated carbocycles. The average molecular weight is 318 g/mol. The lowest BCUT2D eigenvalue weighted by atomic mass is 9.83. The van der Waals surface area contributed by atoms with E-state index in [1.165, 1.54) is 44.8 Å². The Morgan fingerprint density at radius 1 is 1.18 bits per heavy atom. The molecule has 0 bridgehead atoms. The van der Waals surface area contributed by atoms with Crippen molar-refractivity contribution in [2.45, 2.75) is 38.0 Å². The Labute approximate surface area is 135 Å². The van der Waals surface area contributed by atoms with E-state index in [1.807, 2.05) is 0 Å². The van der Waals surface area contributed by atoms with Crippen LogP contribution in [0, 0.1) is 0 Å². The maximum Gasteiger partial charge on any atom is 0.341 e. The molecule has 0 unspecified atom stereocenters. The Kier molecular flexibility index (Phi) is 4.53. The number of carbonyl (C=O) groups is 1. The summed E-state index contributed by atoms with van der Waals surface area (Å²) in [6, 6.07) is 8.48. The largest absolute Gasteiger partial charge is 0.465 e. The van der Waals surface area contributed by atoms with Gasteiger partial charge in [-0.3, -0.25) is 0 Å². The van der Waals surface area contributed by atoms with Crippen LogP contribution in [-0.2, 0) is 4.74 Å². The van der Waals surface area contributed by atoms with Gasteiger partial charge in [0.25, 0.3) is 0 Å². The topological polar surface area (TPSA) is 42.1 Å². The number of H-pyrrole nitrogens is 1. The molecule has 0 saturated heterocycles. The highest BCUT2D eigenvalue weighted by atomic mass is 35.5. The Balaban J connectivity index is 1.88. The lowest BCUT2D eigenvalue weighted by Crippen LogP contribution is -2.04. The van der Waals surface area contributed by atoms with Crippen molar-refractivity contribution in [3.05, 3.63) is 46.7 Å². The first kappa shape index (κ1) is 15.2. The second-order valence-corrected chi connectivity index (χ2v) is 6.22. The van der Waals surface area contributed by atoms with Gasteiger partial charge in [0.2, 0.25) is 0 Å². The van der Waals surface area contributed by atoms with Gasteiger partial charge in [0.05, 0.1) is 7.11 Å². The minimum Gasteiger partial charge on any atom is -0.465 e. The van der Waals surface area contributed by atoms with Gasteiger partial charge in [0.1, 0.15) is 10.7 Å². The van der Waals surface area contributed by atoms with E-state index in [1.54, 1.807) is 6.20 Å². The van der Waals surface area contributed by atoms with E-state index < -0.39 is 5.97 Å². The summed E-state index contributed by atoms with van der Waals surface area (Å²) in [4.78, 5) is 14.8. The average Bonchev–Trinajstić information content (AvgIpc) is 2.97. The van der Waals surface area contributed by atoms with E-state index in [2.05, 4.69) is 29.2 Å². The summed E-state index contributed by atoms with van der Waals surface area (Å²) < 4.78 is 4.81. The number of carbonyl (C=O) groups excluding carboxylic acids is 1. The number of esters is 1. The van der Waals surface area contributed by atoms with Crippen molar-refractivity contribution in [1.29, 1.82) is 0 Å². The monoisotopic (exact) mass is 317 g/mol. The van der Waals surface area contributed by atoms with Gasteiger partial charge < -0.3 is 9.72 Å². The zero-order chi connectivity index (χ0) is 15.5. The standard InChI is InChI=1S/C18H20ClNO2/c1-22-18(21)16-15(11-20-17(16)19)14-9-7-13(8-10-14)12-5-3-2-4-6-12/h7-12,20H,2-6H2,1H3. The quantitative estimate of drug-likeness (QED) is 0.793. The first-order chi connectivity index (χ1) is 10.7. The fraction of sp³-hybridized carbons (Fsp3) is 0.389. The molecule has 22 heavy (non-hydrogen) atoms. The normalized spacial score (nSPS) is 15.7. The molecular weight excluding hydrogens is 298 g/mol. The van der Waals surface area contributed by atoms with Crippen LogP contribution in [0.5, 0.6) is 0 Å². The van der Waals surface area contributed by atoms with Crippen molar-refractivity contribution in [2.75, 3.05) is 7.11 Å². The molecule has 1 heterocycles. The molecule has 4 heteroatoms. The third-order valence-corrected chi connectivity index (χ3v) is 4.82. The van der Waals surface area contributed by atoms with Crippen molar-refractivity contribution < 1.29 is 9.53 Å². The molecule has 1 aliphatic rings. The van der Waals surface area contributed by atoms with E-state index in [0.29, 0.717) is 16.6 Å². The summed E-state index contributed by atoms with van der Waals surface area (Å²) in [5.41, 5.74) is 3.55. The summed E-state index contributed by atoms with van der Waals surface area (Å²) in [5, 5.41) is 0.318. The minimum absolute atomic E-state index is 0.318. The molecule has 1 fully saturated rings. The maximum absolute atomic E-state index is 11.9. The number of hydrogen-bond acceptors (Lipinski definition) is 2. The number of aromatic nitrogens is 1. The summed E-state index contributed by atoms with van der Waals surface area (Å²) >= 11 is 6.07. The van der Waals surface area contributed by atoms with Crippen LogP contribution in [0.2, 0.25) is 5.15 Å².